The summed E-state index contributed by atoms with van der Waals surface area (Å²) in [6.07, 6.45) is 8.98. The van der Waals surface area contributed by atoms with Gasteiger partial charge in [0.25, 0.3) is 0 Å². The lowest BCUT2D eigenvalue weighted by atomic mass is 10.1. The first-order valence-electron chi connectivity index (χ1n) is 7.09. The predicted octanol–water partition coefficient (Wildman–Crippen LogP) is 4.41. The second-order valence-electron chi connectivity index (χ2n) is 5.60. The number of allylic oxidation sites excluding steroid dienone is 2. The molecule has 3 rings (SSSR count). The van der Waals surface area contributed by atoms with Crippen LogP contribution in [0.15, 0.2) is 30.4 Å². The van der Waals surface area contributed by atoms with Gasteiger partial charge in [-0.25, -0.2) is 4.39 Å². The van der Waals surface area contributed by atoms with E-state index in [4.69, 9.17) is 11.6 Å². The number of halogens is 2. The molecule has 3 atom stereocenters. The summed E-state index contributed by atoms with van der Waals surface area (Å²) >= 11 is 5.63. The summed E-state index contributed by atoms with van der Waals surface area (Å²) in [5.41, 5.74) is 0.472. The van der Waals surface area contributed by atoms with Gasteiger partial charge in [-0.3, -0.25) is 4.79 Å². The van der Waals surface area contributed by atoms with E-state index < -0.39 is 5.82 Å². The SMILES string of the molecule is O=C(Nc1ccc(Cl)c(F)c1)C1C2/C=C\CCCCC21. The minimum atomic E-state index is -0.508. The van der Waals surface area contributed by atoms with Crippen LogP contribution < -0.4 is 5.32 Å². The lowest BCUT2D eigenvalue weighted by molar-refractivity contribution is -0.117. The van der Waals surface area contributed by atoms with E-state index in [-0.39, 0.29) is 16.8 Å². The van der Waals surface area contributed by atoms with Crippen LogP contribution in [-0.2, 0) is 4.79 Å². The molecule has 2 aliphatic carbocycles. The average molecular weight is 294 g/mol. The van der Waals surface area contributed by atoms with Crippen molar-refractivity contribution >= 4 is 23.2 Å². The Morgan fingerprint density at radius 1 is 1.35 bits per heavy atom. The summed E-state index contributed by atoms with van der Waals surface area (Å²) in [6.45, 7) is 0. The van der Waals surface area contributed by atoms with Crippen LogP contribution in [0.2, 0.25) is 5.02 Å². The van der Waals surface area contributed by atoms with Crippen molar-refractivity contribution in [1.29, 1.82) is 0 Å². The highest BCUT2D eigenvalue weighted by Crippen LogP contribution is 2.51. The van der Waals surface area contributed by atoms with E-state index in [2.05, 4.69) is 17.5 Å². The maximum atomic E-state index is 13.4. The molecule has 0 spiro atoms. The molecule has 1 N–H and O–H groups in total. The van der Waals surface area contributed by atoms with Gasteiger partial charge in [0.05, 0.1) is 5.02 Å². The molecular formula is C16H17ClFNO. The maximum absolute atomic E-state index is 13.4. The molecule has 2 nitrogen and oxygen atoms in total. The number of carbonyl (C=O) groups is 1. The standard InChI is InChI=1S/C16H17ClFNO/c17-13-8-7-10(9-14(13)18)19-16(20)15-11-5-3-1-2-4-6-12(11)15/h3,5,7-9,11-12,15H,1-2,4,6H2,(H,19,20)/b5-3-. The fourth-order valence-corrected chi connectivity index (χ4v) is 3.22. The first-order valence-corrected chi connectivity index (χ1v) is 7.47. The van der Waals surface area contributed by atoms with Crippen molar-refractivity contribution in [1.82, 2.24) is 0 Å². The molecule has 1 saturated carbocycles. The predicted molar refractivity (Wildman–Crippen MR) is 78.1 cm³/mol. The van der Waals surface area contributed by atoms with Gasteiger partial charge in [0, 0.05) is 11.6 Å². The average Bonchev–Trinajstić information content (AvgIpc) is 3.05. The van der Waals surface area contributed by atoms with Crippen molar-refractivity contribution in [2.45, 2.75) is 25.7 Å². The molecule has 0 saturated heterocycles. The van der Waals surface area contributed by atoms with Gasteiger partial charge >= 0.3 is 0 Å². The Morgan fingerprint density at radius 3 is 3.00 bits per heavy atom. The fraction of sp³-hybridized carbons (Fsp3) is 0.438. The summed E-state index contributed by atoms with van der Waals surface area (Å²) in [7, 11) is 0. The lowest BCUT2D eigenvalue weighted by Gasteiger charge is -2.05. The number of fused-ring (bicyclic) bond motifs is 1. The molecule has 0 bridgehead atoms. The van der Waals surface area contributed by atoms with E-state index in [1.807, 2.05) is 0 Å². The smallest absolute Gasteiger partial charge is 0.228 e. The fourth-order valence-electron chi connectivity index (χ4n) is 3.10. The van der Waals surface area contributed by atoms with Gasteiger partial charge in [0.1, 0.15) is 5.82 Å². The zero-order valence-electron chi connectivity index (χ0n) is 11.1. The van der Waals surface area contributed by atoms with Crippen LogP contribution in [0.25, 0.3) is 0 Å². The molecule has 4 heteroatoms. The molecule has 1 amide bonds. The number of benzene rings is 1. The number of rotatable bonds is 2. The molecule has 3 unspecified atom stereocenters. The number of anilines is 1. The highest BCUT2D eigenvalue weighted by atomic mass is 35.5. The Labute approximate surface area is 123 Å². The Balaban J connectivity index is 1.66. The molecule has 0 aliphatic heterocycles. The molecule has 106 valence electrons. The maximum Gasteiger partial charge on any atom is 0.228 e. The zero-order chi connectivity index (χ0) is 14.1. The van der Waals surface area contributed by atoms with Crippen molar-refractivity contribution in [3.05, 3.63) is 41.2 Å². The van der Waals surface area contributed by atoms with Crippen LogP contribution in [0.4, 0.5) is 10.1 Å². The number of nitrogens with one attached hydrogen (secondary N) is 1. The summed E-state index contributed by atoms with van der Waals surface area (Å²) in [4.78, 5) is 12.3. The van der Waals surface area contributed by atoms with Crippen LogP contribution in [0.5, 0.6) is 0 Å². The third-order valence-electron chi connectivity index (χ3n) is 4.24. The number of hydrogen-bond acceptors (Lipinski definition) is 1. The monoisotopic (exact) mass is 293 g/mol. The molecule has 0 heterocycles. The zero-order valence-corrected chi connectivity index (χ0v) is 11.9. The number of hydrogen-bond donors (Lipinski definition) is 1. The molecule has 2 aliphatic rings. The second-order valence-corrected chi connectivity index (χ2v) is 6.00. The van der Waals surface area contributed by atoms with Crippen molar-refractivity contribution in [3.63, 3.8) is 0 Å². The van der Waals surface area contributed by atoms with Crippen molar-refractivity contribution in [3.8, 4) is 0 Å². The normalized spacial score (nSPS) is 29.8. The van der Waals surface area contributed by atoms with Gasteiger partial charge < -0.3 is 5.32 Å². The van der Waals surface area contributed by atoms with Gasteiger partial charge in [-0.05, 0) is 49.3 Å². The van der Waals surface area contributed by atoms with Crippen LogP contribution in [0.3, 0.4) is 0 Å². The minimum absolute atomic E-state index is 0.00623. The van der Waals surface area contributed by atoms with E-state index in [1.165, 1.54) is 25.0 Å². The topological polar surface area (TPSA) is 29.1 Å². The van der Waals surface area contributed by atoms with Crippen molar-refractivity contribution < 1.29 is 9.18 Å². The number of carbonyl (C=O) groups excluding carboxylic acids is 1. The molecule has 0 radical (unpaired) electrons. The second kappa shape index (κ2) is 5.57. The van der Waals surface area contributed by atoms with Crippen LogP contribution in [-0.4, -0.2) is 5.91 Å². The van der Waals surface area contributed by atoms with Gasteiger partial charge in [0.15, 0.2) is 0 Å². The minimum Gasteiger partial charge on any atom is -0.326 e. The third kappa shape index (κ3) is 2.73. The Morgan fingerprint density at radius 2 is 2.20 bits per heavy atom. The van der Waals surface area contributed by atoms with E-state index in [1.54, 1.807) is 6.07 Å². The Hall–Kier alpha value is -1.35. The summed E-state index contributed by atoms with van der Waals surface area (Å²) < 4.78 is 13.4. The first-order chi connectivity index (χ1) is 9.66. The van der Waals surface area contributed by atoms with E-state index in [0.717, 1.165) is 12.8 Å². The van der Waals surface area contributed by atoms with Gasteiger partial charge in [-0.1, -0.05) is 30.2 Å². The Kier molecular flexibility index (Phi) is 3.79. The summed E-state index contributed by atoms with van der Waals surface area (Å²) in [5, 5.41) is 2.87. The molecule has 0 aromatic heterocycles. The van der Waals surface area contributed by atoms with E-state index >= 15 is 0 Å². The largest absolute Gasteiger partial charge is 0.326 e. The van der Waals surface area contributed by atoms with E-state index in [9.17, 15) is 9.18 Å². The van der Waals surface area contributed by atoms with E-state index in [0.29, 0.717) is 17.5 Å². The molecular weight excluding hydrogens is 277 g/mol. The molecule has 1 aromatic carbocycles. The van der Waals surface area contributed by atoms with Crippen LogP contribution in [0.1, 0.15) is 25.7 Å². The molecule has 20 heavy (non-hydrogen) atoms. The van der Waals surface area contributed by atoms with Crippen LogP contribution >= 0.6 is 11.6 Å². The van der Waals surface area contributed by atoms with Crippen molar-refractivity contribution in [2.24, 2.45) is 17.8 Å². The summed E-state index contributed by atoms with van der Waals surface area (Å²) in [5.74, 6) is 0.360. The summed E-state index contributed by atoms with van der Waals surface area (Å²) in [6, 6.07) is 4.35. The van der Waals surface area contributed by atoms with Gasteiger partial charge in [-0.15, -0.1) is 0 Å². The van der Waals surface area contributed by atoms with Crippen LogP contribution in [0, 0.1) is 23.6 Å². The molecule has 1 fully saturated rings. The number of amides is 1. The quantitative estimate of drug-likeness (QED) is 0.804. The highest BCUT2D eigenvalue weighted by Gasteiger charge is 2.52. The highest BCUT2D eigenvalue weighted by molar-refractivity contribution is 6.30. The van der Waals surface area contributed by atoms with Crippen molar-refractivity contribution in [2.75, 3.05) is 5.32 Å². The Bertz CT molecular complexity index is 557. The lowest BCUT2D eigenvalue weighted by Crippen LogP contribution is -2.15. The molecule has 1 aromatic rings. The first kappa shape index (κ1) is 13.6. The third-order valence-corrected chi connectivity index (χ3v) is 4.54. The van der Waals surface area contributed by atoms with Gasteiger partial charge in [-0.2, -0.15) is 0 Å². The van der Waals surface area contributed by atoms with Gasteiger partial charge in [0.2, 0.25) is 5.91 Å².